The summed E-state index contributed by atoms with van der Waals surface area (Å²) in [5.41, 5.74) is 4.31. The molecule has 4 aromatic rings. The van der Waals surface area contributed by atoms with Crippen molar-refractivity contribution in [1.29, 1.82) is 0 Å². The molecule has 7 heteroatoms. The van der Waals surface area contributed by atoms with E-state index in [1.54, 1.807) is 20.9 Å². The summed E-state index contributed by atoms with van der Waals surface area (Å²) in [6, 6.07) is 10.0. The van der Waals surface area contributed by atoms with Crippen molar-refractivity contribution in [2.24, 2.45) is 7.05 Å². The van der Waals surface area contributed by atoms with Crippen LogP contribution in [0.15, 0.2) is 30.3 Å². The number of amides is 1. The fourth-order valence-corrected chi connectivity index (χ4v) is 4.71. The van der Waals surface area contributed by atoms with Gasteiger partial charge in [0, 0.05) is 25.7 Å². The summed E-state index contributed by atoms with van der Waals surface area (Å²) in [7, 11) is 3.72. The summed E-state index contributed by atoms with van der Waals surface area (Å²) >= 11 is 1.63. The van der Waals surface area contributed by atoms with Crippen molar-refractivity contribution in [3.05, 3.63) is 52.3 Å². The lowest BCUT2D eigenvalue weighted by atomic mass is 10.1. The maximum atomic E-state index is 13.4. The van der Waals surface area contributed by atoms with Gasteiger partial charge in [-0.05, 0) is 38.0 Å². The molecule has 1 amide bonds. The fourth-order valence-electron chi connectivity index (χ4n) is 3.69. The van der Waals surface area contributed by atoms with Crippen molar-refractivity contribution in [2.75, 3.05) is 7.05 Å². The second-order valence-electron chi connectivity index (χ2n) is 7.51. The standard InChI is InChI=1S/C21H21N5OS/c1-12-19-14(10-16(13-8-9-13)23-20(19)26(3)24-12)21(27)25(2)11-18-22-15-6-4-5-7-17(15)28-18/h4-7,10,13H,8-9,11H2,1-3H3. The van der Waals surface area contributed by atoms with Crippen LogP contribution in [0.4, 0.5) is 0 Å². The smallest absolute Gasteiger partial charge is 0.254 e. The predicted molar refractivity (Wildman–Crippen MR) is 111 cm³/mol. The normalized spacial score (nSPS) is 14.1. The molecule has 0 spiro atoms. The molecule has 0 radical (unpaired) electrons. The van der Waals surface area contributed by atoms with Gasteiger partial charge in [-0.1, -0.05) is 12.1 Å². The molecule has 1 aliphatic rings. The summed E-state index contributed by atoms with van der Waals surface area (Å²) in [4.78, 5) is 24.6. The Morgan fingerprint density at radius 3 is 2.82 bits per heavy atom. The third-order valence-electron chi connectivity index (χ3n) is 5.27. The number of rotatable bonds is 4. The molecule has 0 N–H and O–H groups in total. The Labute approximate surface area is 166 Å². The van der Waals surface area contributed by atoms with Crippen LogP contribution in [-0.4, -0.2) is 37.6 Å². The summed E-state index contributed by atoms with van der Waals surface area (Å²) in [5.74, 6) is 0.463. The van der Waals surface area contributed by atoms with Crippen LogP contribution in [0, 0.1) is 6.92 Å². The molecule has 3 heterocycles. The zero-order chi connectivity index (χ0) is 19.4. The molecule has 1 aliphatic carbocycles. The fraction of sp³-hybridized carbons (Fsp3) is 0.333. The number of para-hydroxylation sites is 1. The Morgan fingerprint density at radius 1 is 1.29 bits per heavy atom. The van der Waals surface area contributed by atoms with Gasteiger partial charge in [0.25, 0.3) is 5.91 Å². The highest BCUT2D eigenvalue weighted by molar-refractivity contribution is 7.18. The number of carbonyl (C=O) groups is 1. The van der Waals surface area contributed by atoms with Crippen LogP contribution in [0.25, 0.3) is 21.3 Å². The van der Waals surface area contributed by atoms with E-state index >= 15 is 0 Å². The average molecular weight is 392 g/mol. The zero-order valence-electron chi connectivity index (χ0n) is 16.1. The number of aryl methyl sites for hydroxylation is 2. The molecular weight excluding hydrogens is 370 g/mol. The molecular formula is C21H21N5OS. The lowest BCUT2D eigenvalue weighted by Gasteiger charge is -2.17. The van der Waals surface area contributed by atoms with E-state index in [0.29, 0.717) is 18.0 Å². The Morgan fingerprint density at radius 2 is 2.07 bits per heavy atom. The SMILES string of the molecule is Cc1nn(C)c2nc(C3CC3)cc(C(=O)N(C)Cc3nc4ccccc4s3)c12. The van der Waals surface area contributed by atoms with E-state index in [4.69, 9.17) is 4.98 Å². The minimum absolute atomic E-state index is 0.00958. The minimum Gasteiger partial charge on any atom is -0.335 e. The van der Waals surface area contributed by atoms with Crippen LogP contribution in [0.3, 0.4) is 0 Å². The second kappa shape index (κ2) is 6.38. The monoisotopic (exact) mass is 391 g/mol. The van der Waals surface area contributed by atoms with E-state index in [9.17, 15) is 4.79 Å². The summed E-state index contributed by atoms with van der Waals surface area (Å²) in [6.07, 6.45) is 2.29. The Hall–Kier alpha value is -2.80. The maximum absolute atomic E-state index is 13.4. The van der Waals surface area contributed by atoms with E-state index in [1.165, 1.54) is 0 Å². The molecule has 0 saturated heterocycles. The van der Waals surface area contributed by atoms with Gasteiger partial charge in [0.05, 0.1) is 33.4 Å². The number of nitrogens with zero attached hydrogens (tertiary/aromatic N) is 5. The highest BCUT2D eigenvalue weighted by Gasteiger charge is 2.29. The minimum atomic E-state index is -0.00958. The van der Waals surface area contributed by atoms with Crippen molar-refractivity contribution in [2.45, 2.75) is 32.2 Å². The van der Waals surface area contributed by atoms with Gasteiger partial charge < -0.3 is 4.90 Å². The van der Waals surface area contributed by atoms with Gasteiger partial charge >= 0.3 is 0 Å². The Bertz CT molecular complexity index is 1190. The average Bonchev–Trinajstić information content (AvgIpc) is 3.39. The number of fused-ring (bicyclic) bond motifs is 2. The van der Waals surface area contributed by atoms with Crippen LogP contribution in [0.5, 0.6) is 0 Å². The quantitative estimate of drug-likeness (QED) is 0.527. The molecule has 1 aromatic carbocycles. The number of benzene rings is 1. The van der Waals surface area contributed by atoms with E-state index in [-0.39, 0.29) is 5.91 Å². The van der Waals surface area contributed by atoms with Crippen LogP contribution in [0.1, 0.15) is 45.5 Å². The molecule has 0 unspecified atom stereocenters. The van der Waals surface area contributed by atoms with Gasteiger partial charge in [-0.15, -0.1) is 11.3 Å². The molecule has 6 nitrogen and oxygen atoms in total. The summed E-state index contributed by atoms with van der Waals surface area (Å²) in [5, 5.41) is 6.29. The van der Waals surface area contributed by atoms with Gasteiger partial charge in [0.15, 0.2) is 5.65 Å². The predicted octanol–water partition coefficient (Wildman–Crippen LogP) is 4.04. The van der Waals surface area contributed by atoms with E-state index < -0.39 is 0 Å². The molecule has 0 atom stereocenters. The number of thiazole rings is 1. The highest BCUT2D eigenvalue weighted by Crippen LogP contribution is 2.40. The van der Waals surface area contributed by atoms with Crippen molar-refractivity contribution in [1.82, 2.24) is 24.6 Å². The molecule has 0 aliphatic heterocycles. The molecule has 1 saturated carbocycles. The maximum Gasteiger partial charge on any atom is 0.254 e. The van der Waals surface area contributed by atoms with Gasteiger partial charge in [0.1, 0.15) is 5.01 Å². The first kappa shape index (κ1) is 17.3. The van der Waals surface area contributed by atoms with Crippen LogP contribution < -0.4 is 0 Å². The van der Waals surface area contributed by atoms with Gasteiger partial charge in [-0.3, -0.25) is 9.48 Å². The molecule has 1 fully saturated rings. The largest absolute Gasteiger partial charge is 0.335 e. The zero-order valence-corrected chi connectivity index (χ0v) is 17.0. The number of pyridine rings is 1. The molecule has 5 rings (SSSR count). The van der Waals surface area contributed by atoms with Gasteiger partial charge in [-0.25, -0.2) is 9.97 Å². The third kappa shape index (κ3) is 2.86. The molecule has 0 bridgehead atoms. The number of carbonyl (C=O) groups excluding carboxylic acids is 1. The van der Waals surface area contributed by atoms with Crippen molar-refractivity contribution in [3.63, 3.8) is 0 Å². The van der Waals surface area contributed by atoms with Crippen LogP contribution in [-0.2, 0) is 13.6 Å². The van der Waals surface area contributed by atoms with E-state index in [0.717, 1.165) is 50.5 Å². The highest BCUT2D eigenvalue weighted by atomic mass is 32.1. The summed E-state index contributed by atoms with van der Waals surface area (Å²) in [6.45, 7) is 2.42. The lowest BCUT2D eigenvalue weighted by molar-refractivity contribution is 0.0786. The first-order valence-electron chi connectivity index (χ1n) is 9.45. The number of hydrogen-bond donors (Lipinski definition) is 0. The van der Waals surface area contributed by atoms with Crippen molar-refractivity contribution < 1.29 is 4.79 Å². The molecule has 3 aromatic heterocycles. The number of aromatic nitrogens is 4. The number of hydrogen-bond acceptors (Lipinski definition) is 5. The first-order valence-corrected chi connectivity index (χ1v) is 10.3. The van der Waals surface area contributed by atoms with Crippen LogP contribution >= 0.6 is 11.3 Å². The Balaban J connectivity index is 1.52. The molecule has 142 valence electrons. The topological polar surface area (TPSA) is 63.9 Å². The lowest BCUT2D eigenvalue weighted by Crippen LogP contribution is -2.26. The third-order valence-corrected chi connectivity index (χ3v) is 6.29. The van der Waals surface area contributed by atoms with Crippen molar-refractivity contribution >= 4 is 38.5 Å². The van der Waals surface area contributed by atoms with E-state index in [1.807, 2.05) is 45.3 Å². The van der Waals surface area contributed by atoms with Gasteiger partial charge in [0.2, 0.25) is 0 Å². The van der Waals surface area contributed by atoms with Crippen LogP contribution in [0.2, 0.25) is 0 Å². The Kier molecular flexibility index (Phi) is 3.94. The second-order valence-corrected chi connectivity index (χ2v) is 8.63. The van der Waals surface area contributed by atoms with Gasteiger partial charge in [-0.2, -0.15) is 5.10 Å². The first-order chi connectivity index (χ1) is 13.5. The van der Waals surface area contributed by atoms with Crippen molar-refractivity contribution in [3.8, 4) is 0 Å². The molecule has 28 heavy (non-hydrogen) atoms. The summed E-state index contributed by atoms with van der Waals surface area (Å²) < 4.78 is 2.92. The van der Waals surface area contributed by atoms with E-state index in [2.05, 4.69) is 16.1 Å².